The van der Waals surface area contributed by atoms with Crippen LogP contribution < -0.4 is 14.5 Å². The Balaban J connectivity index is 1.09. The fraction of sp³-hybridized carbons (Fsp3) is 0.288. The topological polar surface area (TPSA) is 33.5 Å². The molecule has 9 aromatic rings. The summed E-state index contributed by atoms with van der Waals surface area (Å²) in [6.45, 7) is 30.8. The van der Waals surface area contributed by atoms with Crippen LogP contribution in [0, 0.1) is 0 Å². The molecule has 0 amide bonds. The quantitative estimate of drug-likeness (QED) is 0.144. The second-order valence-corrected chi connectivity index (χ2v) is 23.9. The molecule has 360 valence electrons. The van der Waals surface area contributed by atoms with Gasteiger partial charge >= 0.3 is 0 Å². The number of pyridine rings is 1. The van der Waals surface area contributed by atoms with Gasteiger partial charge < -0.3 is 14.5 Å². The van der Waals surface area contributed by atoms with Gasteiger partial charge in [-0.1, -0.05) is 181 Å². The molecule has 3 heterocycles. The second-order valence-electron chi connectivity index (χ2n) is 23.9. The first-order valence-corrected chi connectivity index (χ1v) is 25.4. The van der Waals surface area contributed by atoms with Crippen LogP contribution in [0.2, 0.25) is 0 Å². The lowest BCUT2D eigenvalue weighted by molar-refractivity contribution is 0.479. The summed E-state index contributed by atoms with van der Waals surface area (Å²) in [7, 11) is 0. The number of aromatic nitrogens is 2. The van der Waals surface area contributed by atoms with E-state index in [-0.39, 0.29) is 27.1 Å². The molecule has 0 fully saturated rings. The number of ether oxygens (including phenoxy) is 1. The number of para-hydroxylation sites is 1. The average Bonchev–Trinajstić information content (AvgIpc) is 3.89. The minimum absolute atomic E-state index is 0.0640. The van der Waals surface area contributed by atoms with Gasteiger partial charge in [-0.05, 0) is 122 Å². The van der Waals surface area contributed by atoms with Crippen LogP contribution in [-0.2, 0) is 27.1 Å². The molecule has 7 aromatic carbocycles. The van der Waals surface area contributed by atoms with Crippen molar-refractivity contribution in [1.82, 2.24) is 9.55 Å². The van der Waals surface area contributed by atoms with E-state index in [4.69, 9.17) is 9.72 Å². The highest BCUT2D eigenvalue weighted by Crippen LogP contribution is 2.51. The van der Waals surface area contributed by atoms with E-state index < -0.39 is 0 Å². The Hall–Kier alpha value is -7.11. The van der Waals surface area contributed by atoms with Gasteiger partial charge in [0.25, 0.3) is 0 Å². The maximum Gasteiger partial charge on any atom is 0.137 e. The monoisotopic (exact) mass is 935 g/mol. The molecule has 10 rings (SSSR count). The smallest absolute Gasteiger partial charge is 0.137 e. The lowest BCUT2D eigenvalue weighted by Gasteiger charge is -2.32. The summed E-state index contributed by atoms with van der Waals surface area (Å²) >= 11 is 0. The number of hydrogen-bond donors (Lipinski definition) is 0. The first-order chi connectivity index (χ1) is 33.6. The number of benzene rings is 7. The fourth-order valence-corrected chi connectivity index (χ4v) is 10.6. The molecule has 0 bridgehead atoms. The lowest BCUT2D eigenvalue weighted by Crippen LogP contribution is -2.25. The molecule has 0 saturated heterocycles. The predicted molar refractivity (Wildman–Crippen MR) is 300 cm³/mol. The summed E-state index contributed by atoms with van der Waals surface area (Å²) in [5.74, 6) is 2.45. The Morgan fingerprint density at radius 1 is 0.394 bits per heavy atom. The van der Waals surface area contributed by atoms with Crippen LogP contribution in [-0.4, -0.2) is 16.2 Å². The third kappa shape index (κ3) is 8.79. The SMILES string of the molecule is CC(C)(C)c1cc(Oc2ccc3c4ccccc4n(-c4cc(C(C)(C)c5ccccc5)ccn4)c3c2)cc(N2CN(c3cccc(C(C)(C)c4ccccc4)c3)c3cc(C(C)(C)C)c(C(C)(C)C)cc32)c1. The molecular formula is C66H70N4O. The zero-order chi connectivity index (χ0) is 50.3. The Kier molecular flexibility index (Phi) is 11.6. The van der Waals surface area contributed by atoms with Gasteiger partial charge in [0.1, 0.15) is 24.0 Å². The molecule has 0 spiro atoms. The molecular weight excluding hydrogens is 865 g/mol. The van der Waals surface area contributed by atoms with Gasteiger partial charge in [0.05, 0.1) is 22.4 Å². The number of anilines is 4. The van der Waals surface area contributed by atoms with Crippen molar-refractivity contribution in [3.8, 4) is 17.3 Å². The van der Waals surface area contributed by atoms with Crippen molar-refractivity contribution in [2.24, 2.45) is 0 Å². The summed E-state index contributed by atoms with van der Waals surface area (Å²) in [5, 5.41) is 2.33. The summed E-state index contributed by atoms with van der Waals surface area (Å²) < 4.78 is 9.40. The molecule has 2 aromatic heterocycles. The standard InChI is InChI=1S/C66H70N4O/c1-62(2,3)48-36-50(69-43-68(59-41-55(63(4,5)6)56(42-60(59)69)64(7,8)9)49-28-22-27-46(35-49)65(10,11)44-23-16-14-17-24-44)39-52(37-48)71-51-31-32-54-53-29-20-21-30-57(53)70(58(54)40-51)61-38-47(33-34-67-61)66(12,13)45-25-18-15-19-26-45/h14-42H,43H2,1-13H3. The number of hydrogen-bond acceptors (Lipinski definition) is 4. The molecule has 5 nitrogen and oxygen atoms in total. The van der Waals surface area contributed by atoms with E-state index in [1.54, 1.807) is 0 Å². The molecule has 0 aliphatic carbocycles. The van der Waals surface area contributed by atoms with Crippen molar-refractivity contribution in [3.05, 3.63) is 215 Å². The molecule has 0 saturated carbocycles. The number of nitrogens with zero attached hydrogens (tertiary/aromatic N) is 4. The third-order valence-corrected chi connectivity index (χ3v) is 15.1. The maximum atomic E-state index is 7.11. The maximum absolute atomic E-state index is 7.11. The average molecular weight is 935 g/mol. The van der Waals surface area contributed by atoms with Crippen molar-refractivity contribution in [2.45, 2.75) is 117 Å². The molecule has 0 unspecified atom stereocenters. The van der Waals surface area contributed by atoms with E-state index in [1.165, 1.54) is 61.4 Å². The third-order valence-electron chi connectivity index (χ3n) is 15.1. The zero-order valence-corrected chi connectivity index (χ0v) is 44.1. The molecule has 1 aliphatic heterocycles. The van der Waals surface area contributed by atoms with Gasteiger partial charge in [0.15, 0.2) is 0 Å². The van der Waals surface area contributed by atoms with Gasteiger partial charge in [0, 0.05) is 51.3 Å². The van der Waals surface area contributed by atoms with E-state index in [0.717, 1.165) is 39.4 Å². The van der Waals surface area contributed by atoms with Gasteiger partial charge in [-0.2, -0.15) is 0 Å². The Bertz CT molecular complexity index is 3430. The van der Waals surface area contributed by atoms with Crippen molar-refractivity contribution < 1.29 is 4.74 Å². The normalized spacial score (nSPS) is 13.6. The zero-order valence-electron chi connectivity index (χ0n) is 44.1. The summed E-state index contributed by atoms with van der Waals surface area (Å²) in [6.07, 6.45) is 1.95. The van der Waals surface area contributed by atoms with Gasteiger partial charge in [-0.25, -0.2) is 4.98 Å². The first kappa shape index (κ1) is 47.6. The molecule has 0 radical (unpaired) electrons. The predicted octanol–water partition coefficient (Wildman–Crippen LogP) is 17.8. The van der Waals surface area contributed by atoms with Crippen LogP contribution in [0.4, 0.5) is 22.7 Å². The van der Waals surface area contributed by atoms with Crippen molar-refractivity contribution in [2.75, 3.05) is 16.5 Å². The van der Waals surface area contributed by atoms with Gasteiger partial charge in [-0.3, -0.25) is 4.57 Å². The van der Waals surface area contributed by atoms with Crippen LogP contribution in [0.3, 0.4) is 0 Å². The van der Waals surface area contributed by atoms with Gasteiger partial charge in [0.2, 0.25) is 0 Å². The van der Waals surface area contributed by atoms with Crippen LogP contribution in [0.1, 0.15) is 129 Å². The van der Waals surface area contributed by atoms with Crippen LogP contribution in [0.5, 0.6) is 11.5 Å². The van der Waals surface area contributed by atoms with E-state index in [2.05, 4.69) is 274 Å². The van der Waals surface area contributed by atoms with E-state index >= 15 is 0 Å². The highest BCUT2D eigenvalue weighted by Gasteiger charge is 2.36. The van der Waals surface area contributed by atoms with Crippen LogP contribution >= 0.6 is 0 Å². The Morgan fingerprint density at radius 3 is 1.54 bits per heavy atom. The molecule has 1 aliphatic rings. The van der Waals surface area contributed by atoms with Crippen LogP contribution in [0.25, 0.3) is 27.6 Å². The summed E-state index contributed by atoms with van der Waals surface area (Å²) in [6, 6.07) is 62.1. The van der Waals surface area contributed by atoms with Gasteiger partial charge in [-0.15, -0.1) is 0 Å². The fourth-order valence-electron chi connectivity index (χ4n) is 10.6. The number of rotatable bonds is 9. The lowest BCUT2D eigenvalue weighted by atomic mass is 9.74. The van der Waals surface area contributed by atoms with Crippen LogP contribution in [0.15, 0.2) is 176 Å². The highest BCUT2D eigenvalue weighted by molar-refractivity contribution is 6.09. The van der Waals surface area contributed by atoms with Crippen molar-refractivity contribution in [3.63, 3.8) is 0 Å². The minimum Gasteiger partial charge on any atom is -0.457 e. The minimum atomic E-state index is -0.221. The molecule has 5 heteroatoms. The first-order valence-electron chi connectivity index (χ1n) is 25.4. The van der Waals surface area contributed by atoms with E-state index in [0.29, 0.717) is 6.67 Å². The molecule has 0 N–H and O–H groups in total. The molecule has 0 atom stereocenters. The van der Waals surface area contributed by atoms with E-state index in [1.807, 2.05) is 6.20 Å². The van der Waals surface area contributed by atoms with Crippen molar-refractivity contribution in [1.29, 1.82) is 0 Å². The largest absolute Gasteiger partial charge is 0.457 e. The van der Waals surface area contributed by atoms with E-state index in [9.17, 15) is 0 Å². The number of fused-ring (bicyclic) bond motifs is 4. The Labute approximate surface area is 422 Å². The van der Waals surface area contributed by atoms with Crippen molar-refractivity contribution >= 4 is 44.6 Å². The molecule has 71 heavy (non-hydrogen) atoms. The summed E-state index contributed by atoms with van der Waals surface area (Å²) in [4.78, 5) is 10.0. The second kappa shape index (κ2) is 17.3. The summed E-state index contributed by atoms with van der Waals surface area (Å²) in [5.41, 5.74) is 15.1. The Morgan fingerprint density at radius 2 is 0.930 bits per heavy atom. The highest BCUT2D eigenvalue weighted by atomic mass is 16.5.